The van der Waals surface area contributed by atoms with Gasteiger partial charge in [0.2, 0.25) is 0 Å². The van der Waals surface area contributed by atoms with Gasteiger partial charge in [-0.05, 0) is 40.9 Å². The van der Waals surface area contributed by atoms with Crippen molar-refractivity contribution in [2.75, 3.05) is 13.1 Å². The summed E-state index contributed by atoms with van der Waals surface area (Å²) < 4.78 is 0.297. The number of hydrogen-bond donors (Lipinski definition) is 1. The monoisotopic (exact) mass is 356 g/mol. The van der Waals surface area contributed by atoms with E-state index in [0.717, 1.165) is 0 Å². The molecule has 1 unspecified atom stereocenters. The van der Waals surface area contributed by atoms with E-state index in [2.05, 4.69) is 15.9 Å². The molecule has 1 amide bonds. The van der Waals surface area contributed by atoms with Gasteiger partial charge in [-0.3, -0.25) is 19.7 Å². The largest absolute Gasteiger partial charge is 0.481 e. The van der Waals surface area contributed by atoms with E-state index in [9.17, 15) is 19.7 Å². The summed E-state index contributed by atoms with van der Waals surface area (Å²) in [5.74, 6) is -1.88. The molecule has 0 radical (unpaired) electrons. The summed E-state index contributed by atoms with van der Waals surface area (Å²) in [6.45, 7) is 0.602. The Morgan fingerprint density at radius 1 is 1.43 bits per heavy atom. The lowest BCUT2D eigenvalue weighted by Crippen LogP contribution is -2.42. The van der Waals surface area contributed by atoms with Crippen LogP contribution >= 0.6 is 15.9 Å². The first-order valence-corrected chi connectivity index (χ1v) is 7.15. The Morgan fingerprint density at radius 2 is 2.14 bits per heavy atom. The number of likely N-dealkylation sites (tertiary alicyclic amines) is 1. The van der Waals surface area contributed by atoms with Crippen molar-refractivity contribution in [3.8, 4) is 0 Å². The minimum absolute atomic E-state index is 0.137. The van der Waals surface area contributed by atoms with E-state index < -0.39 is 16.8 Å². The summed E-state index contributed by atoms with van der Waals surface area (Å²) in [5, 5.41) is 19.9. The van der Waals surface area contributed by atoms with Gasteiger partial charge in [0, 0.05) is 24.7 Å². The average molecular weight is 357 g/mol. The third-order valence-electron chi connectivity index (χ3n) is 3.45. The number of benzene rings is 1. The van der Waals surface area contributed by atoms with E-state index in [-0.39, 0.29) is 23.7 Å². The molecule has 112 valence electrons. The topological polar surface area (TPSA) is 101 Å². The third kappa shape index (κ3) is 3.38. The number of carboxylic acid groups (broad SMARTS) is 1. The first-order valence-electron chi connectivity index (χ1n) is 6.36. The van der Waals surface area contributed by atoms with Gasteiger partial charge in [0.05, 0.1) is 15.3 Å². The molecule has 0 saturated carbocycles. The van der Waals surface area contributed by atoms with Gasteiger partial charge in [0.15, 0.2) is 0 Å². The second-order valence-electron chi connectivity index (χ2n) is 4.85. The van der Waals surface area contributed by atoms with Crippen LogP contribution in [0.5, 0.6) is 0 Å². The number of nitro benzene ring substituents is 1. The van der Waals surface area contributed by atoms with E-state index in [0.29, 0.717) is 23.9 Å². The number of nitro groups is 1. The van der Waals surface area contributed by atoms with E-state index in [4.69, 9.17) is 5.11 Å². The fourth-order valence-electron chi connectivity index (χ4n) is 2.33. The first kappa shape index (κ1) is 15.4. The van der Waals surface area contributed by atoms with Crippen LogP contribution < -0.4 is 0 Å². The smallest absolute Gasteiger partial charge is 0.308 e. The summed E-state index contributed by atoms with van der Waals surface area (Å²) in [6.07, 6.45) is 1.15. The summed E-state index contributed by atoms with van der Waals surface area (Å²) in [4.78, 5) is 35.1. The zero-order chi connectivity index (χ0) is 15.6. The normalized spacial score (nSPS) is 18.3. The van der Waals surface area contributed by atoms with Crippen molar-refractivity contribution in [3.63, 3.8) is 0 Å². The zero-order valence-electron chi connectivity index (χ0n) is 11.0. The molecule has 2 rings (SSSR count). The van der Waals surface area contributed by atoms with E-state index in [1.165, 1.54) is 23.1 Å². The van der Waals surface area contributed by atoms with Crippen LogP contribution in [0.3, 0.4) is 0 Å². The average Bonchev–Trinajstić information content (AvgIpc) is 2.46. The Balaban J connectivity index is 2.22. The van der Waals surface area contributed by atoms with Crippen molar-refractivity contribution in [1.29, 1.82) is 0 Å². The number of piperidine rings is 1. The second-order valence-corrected chi connectivity index (χ2v) is 5.71. The number of carbonyl (C=O) groups is 2. The zero-order valence-corrected chi connectivity index (χ0v) is 12.6. The number of nitrogens with zero attached hydrogens (tertiary/aromatic N) is 2. The fraction of sp³-hybridized carbons (Fsp3) is 0.385. The van der Waals surface area contributed by atoms with Gasteiger partial charge < -0.3 is 10.0 Å². The van der Waals surface area contributed by atoms with Crippen LogP contribution in [-0.2, 0) is 4.79 Å². The van der Waals surface area contributed by atoms with Crippen molar-refractivity contribution in [3.05, 3.63) is 38.3 Å². The van der Waals surface area contributed by atoms with Crippen LogP contribution in [-0.4, -0.2) is 39.9 Å². The van der Waals surface area contributed by atoms with E-state index in [1.54, 1.807) is 0 Å². The van der Waals surface area contributed by atoms with Gasteiger partial charge in [0.1, 0.15) is 0 Å². The third-order valence-corrected chi connectivity index (χ3v) is 4.12. The summed E-state index contributed by atoms with van der Waals surface area (Å²) >= 11 is 3.06. The van der Waals surface area contributed by atoms with Crippen molar-refractivity contribution < 1.29 is 19.6 Å². The summed E-state index contributed by atoms with van der Waals surface area (Å²) in [6, 6.07) is 4.14. The van der Waals surface area contributed by atoms with Gasteiger partial charge in [0.25, 0.3) is 11.6 Å². The highest BCUT2D eigenvalue weighted by atomic mass is 79.9. The van der Waals surface area contributed by atoms with Crippen LogP contribution in [0, 0.1) is 16.0 Å². The molecular formula is C13H13BrN2O5. The molecule has 1 aliphatic heterocycles. The minimum atomic E-state index is -0.922. The first-order chi connectivity index (χ1) is 9.90. The van der Waals surface area contributed by atoms with Gasteiger partial charge >= 0.3 is 5.97 Å². The molecule has 1 aromatic rings. The molecule has 1 atom stereocenters. The Kier molecular flexibility index (Phi) is 4.56. The highest BCUT2D eigenvalue weighted by Gasteiger charge is 2.29. The second kappa shape index (κ2) is 6.21. The Bertz CT molecular complexity index is 604. The minimum Gasteiger partial charge on any atom is -0.481 e. The highest BCUT2D eigenvalue weighted by Crippen LogP contribution is 2.27. The standard InChI is InChI=1S/C13H13BrN2O5/c14-10-4-3-8(6-11(10)16(20)21)12(17)15-5-1-2-9(7-15)13(18)19/h3-4,6,9H,1-2,5,7H2,(H,18,19). The van der Waals surface area contributed by atoms with Crippen LogP contribution in [0.2, 0.25) is 0 Å². The lowest BCUT2D eigenvalue weighted by molar-refractivity contribution is -0.385. The number of hydrogen-bond acceptors (Lipinski definition) is 4. The Morgan fingerprint density at radius 3 is 2.76 bits per heavy atom. The van der Waals surface area contributed by atoms with Gasteiger partial charge in [-0.15, -0.1) is 0 Å². The molecule has 8 heteroatoms. The number of halogens is 1. The van der Waals surface area contributed by atoms with Gasteiger partial charge in [-0.25, -0.2) is 0 Å². The molecule has 1 saturated heterocycles. The lowest BCUT2D eigenvalue weighted by atomic mass is 9.97. The number of amides is 1. The van der Waals surface area contributed by atoms with Crippen LogP contribution in [0.25, 0.3) is 0 Å². The summed E-state index contributed by atoms with van der Waals surface area (Å²) in [7, 11) is 0. The predicted molar refractivity (Wildman–Crippen MR) is 77.1 cm³/mol. The SMILES string of the molecule is O=C(O)C1CCCN(C(=O)c2ccc(Br)c([N+](=O)[O-])c2)C1. The van der Waals surface area contributed by atoms with E-state index in [1.807, 2.05) is 0 Å². The molecule has 1 heterocycles. The molecule has 7 nitrogen and oxygen atoms in total. The molecule has 0 aliphatic carbocycles. The molecule has 0 bridgehead atoms. The summed E-state index contributed by atoms with van der Waals surface area (Å²) in [5.41, 5.74) is 0.00332. The lowest BCUT2D eigenvalue weighted by Gasteiger charge is -2.30. The Labute approximate surface area is 128 Å². The number of carbonyl (C=O) groups excluding carboxylic acids is 1. The highest BCUT2D eigenvalue weighted by molar-refractivity contribution is 9.10. The predicted octanol–water partition coefficient (Wildman–Crippen LogP) is 2.29. The van der Waals surface area contributed by atoms with Crippen LogP contribution in [0.4, 0.5) is 5.69 Å². The molecule has 1 fully saturated rings. The van der Waals surface area contributed by atoms with Crippen molar-refractivity contribution in [2.45, 2.75) is 12.8 Å². The van der Waals surface area contributed by atoms with Crippen molar-refractivity contribution in [1.82, 2.24) is 4.90 Å². The molecule has 1 aromatic carbocycles. The van der Waals surface area contributed by atoms with E-state index >= 15 is 0 Å². The van der Waals surface area contributed by atoms with Crippen LogP contribution in [0.15, 0.2) is 22.7 Å². The number of aliphatic carboxylic acids is 1. The maximum atomic E-state index is 12.3. The van der Waals surface area contributed by atoms with Crippen molar-refractivity contribution >= 4 is 33.5 Å². The number of rotatable bonds is 3. The molecule has 1 N–H and O–H groups in total. The fourth-order valence-corrected chi connectivity index (χ4v) is 2.72. The Hall–Kier alpha value is -1.96. The molecule has 1 aliphatic rings. The maximum Gasteiger partial charge on any atom is 0.308 e. The molecule has 21 heavy (non-hydrogen) atoms. The van der Waals surface area contributed by atoms with Gasteiger partial charge in [-0.1, -0.05) is 0 Å². The van der Waals surface area contributed by atoms with Crippen LogP contribution in [0.1, 0.15) is 23.2 Å². The quantitative estimate of drug-likeness (QED) is 0.661. The molecule has 0 spiro atoms. The number of carboxylic acids is 1. The molecule has 0 aromatic heterocycles. The van der Waals surface area contributed by atoms with Crippen molar-refractivity contribution in [2.24, 2.45) is 5.92 Å². The van der Waals surface area contributed by atoms with Gasteiger partial charge in [-0.2, -0.15) is 0 Å². The molecular weight excluding hydrogens is 344 g/mol. The maximum absolute atomic E-state index is 12.3.